The SMILES string of the molecule is C[C@@H]1CN(c2ccc(C=C3CCCN=C3c3cccnc3)cc2)[C@@H](C)CN1. The predicted octanol–water partition coefficient (Wildman–Crippen LogP) is 3.93. The van der Waals surface area contributed by atoms with Gasteiger partial charge in [-0.3, -0.25) is 9.98 Å². The summed E-state index contributed by atoms with van der Waals surface area (Å²) in [6.45, 7) is 7.53. The number of rotatable bonds is 3. The number of benzene rings is 1. The van der Waals surface area contributed by atoms with E-state index < -0.39 is 0 Å². The summed E-state index contributed by atoms with van der Waals surface area (Å²) >= 11 is 0. The summed E-state index contributed by atoms with van der Waals surface area (Å²) in [7, 11) is 0. The molecule has 1 N–H and O–H groups in total. The van der Waals surface area contributed by atoms with Gasteiger partial charge in [-0.05, 0) is 68.2 Å². The van der Waals surface area contributed by atoms with Crippen LogP contribution in [0.2, 0.25) is 0 Å². The maximum absolute atomic E-state index is 4.78. The van der Waals surface area contributed by atoms with E-state index in [2.05, 4.69) is 65.5 Å². The van der Waals surface area contributed by atoms with Crippen LogP contribution >= 0.6 is 0 Å². The normalized spacial score (nSPS) is 24.7. The molecule has 4 heteroatoms. The van der Waals surface area contributed by atoms with Crippen molar-refractivity contribution in [3.05, 3.63) is 65.5 Å². The minimum atomic E-state index is 0.521. The molecule has 0 bridgehead atoms. The van der Waals surface area contributed by atoms with Crippen LogP contribution in [-0.2, 0) is 0 Å². The lowest BCUT2D eigenvalue weighted by Crippen LogP contribution is -2.54. The number of aromatic nitrogens is 1. The van der Waals surface area contributed by atoms with Crippen LogP contribution in [0.25, 0.3) is 6.08 Å². The fourth-order valence-corrected chi connectivity index (χ4v) is 3.94. The van der Waals surface area contributed by atoms with Crippen LogP contribution < -0.4 is 10.2 Å². The van der Waals surface area contributed by atoms with Crippen LogP contribution in [0.4, 0.5) is 5.69 Å². The third-order valence-electron chi connectivity index (χ3n) is 5.44. The first kappa shape index (κ1) is 17.9. The Hall–Kier alpha value is -2.46. The van der Waals surface area contributed by atoms with E-state index in [1.807, 2.05) is 18.5 Å². The van der Waals surface area contributed by atoms with Crippen molar-refractivity contribution < 1.29 is 0 Å². The van der Waals surface area contributed by atoms with E-state index in [0.717, 1.165) is 43.8 Å². The van der Waals surface area contributed by atoms with E-state index in [0.29, 0.717) is 12.1 Å². The van der Waals surface area contributed by atoms with E-state index in [1.54, 1.807) is 0 Å². The summed E-state index contributed by atoms with van der Waals surface area (Å²) < 4.78 is 0. The molecule has 0 saturated carbocycles. The maximum Gasteiger partial charge on any atom is 0.0694 e. The van der Waals surface area contributed by atoms with E-state index in [4.69, 9.17) is 4.99 Å². The molecule has 4 nitrogen and oxygen atoms in total. The molecule has 0 amide bonds. The van der Waals surface area contributed by atoms with Crippen LogP contribution in [0.15, 0.2) is 59.4 Å². The molecule has 1 saturated heterocycles. The number of hydrogen-bond acceptors (Lipinski definition) is 4. The molecule has 2 aliphatic heterocycles. The number of allylic oxidation sites excluding steroid dienone is 1. The molecule has 0 radical (unpaired) electrons. The number of nitrogens with one attached hydrogen (secondary N) is 1. The Bertz CT molecular complexity index is 823. The Kier molecular flexibility index (Phi) is 5.35. The minimum Gasteiger partial charge on any atom is -0.366 e. The molecule has 3 heterocycles. The number of piperazine rings is 1. The Balaban J connectivity index is 1.56. The van der Waals surface area contributed by atoms with E-state index in [1.165, 1.54) is 16.8 Å². The Morgan fingerprint density at radius 3 is 2.78 bits per heavy atom. The van der Waals surface area contributed by atoms with Crippen LogP contribution in [0.5, 0.6) is 0 Å². The molecule has 0 aliphatic carbocycles. The summed E-state index contributed by atoms with van der Waals surface area (Å²) in [5.74, 6) is 0. The first-order valence-corrected chi connectivity index (χ1v) is 9.96. The van der Waals surface area contributed by atoms with Gasteiger partial charge in [0.1, 0.15) is 0 Å². The highest BCUT2D eigenvalue weighted by atomic mass is 15.2. The smallest absolute Gasteiger partial charge is 0.0694 e. The summed E-state index contributed by atoms with van der Waals surface area (Å²) in [6.07, 6.45) is 8.20. The molecular weight excluding hydrogens is 332 g/mol. The molecule has 4 rings (SSSR count). The first-order valence-electron chi connectivity index (χ1n) is 9.96. The van der Waals surface area contributed by atoms with Gasteiger partial charge in [0.05, 0.1) is 5.71 Å². The number of aliphatic imine (C=N–C) groups is 1. The van der Waals surface area contributed by atoms with Gasteiger partial charge in [0.15, 0.2) is 0 Å². The molecule has 1 aromatic carbocycles. The van der Waals surface area contributed by atoms with Gasteiger partial charge in [0.2, 0.25) is 0 Å². The highest BCUT2D eigenvalue weighted by Gasteiger charge is 2.22. The zero-order valence-corrected chi connectivity index (χ0v) is 16.2. The second kappa shape index (κ2) is 8.05. The first-order chi connectivity index (χ1) is 13.2. The Morgan fingerprint density at radius 1 is 1.15 bits per heavy atom. The van der Waals surface area contributed by atoms with Crippen molar-refractivity contribution in [3.63, 3.8) is 0 Å². The van der Waals surface area contributed by atoms with Crippen molar-refractivity contribution in [1.29, 1.82) is 0 Å². The molecule has 0 unspecified atom stereocenters. The third-order valence-corrected chi connectivity index (χ3v) is 5.44. The number of pyridine rings is 1. The second-order valence-electron chi connectivity index (χ2n) is 7.65. The van der Waals surface area contributed by atoms with E-state index in [-0.39, 0.29) is 0 Å². The average Bonchev–Trinajstić information content (AvgIpc) is 2.72. The largest absolute Gasteiger partial charge is 0.366 e. The van der Waals surface area contributed by atoms with Crippen molar-refractivity contribution >= 4 is 17.5 Å². The van der Waals surface area contributed by atoms with Crippen LogP contribution in [0.3, 0.4) is 0 Å². The van der Waals surface area contributed by atoms with Gasteiger partial charge in [0, 0.05) is 55.4 Å². The molecule has 1 aromatic heterocycles. The van der Waals surface area contributed by atoms with Crippen molar-refractivity contribution in [1.82, 2.24) is 10.3 Å². The third kappa shape index (κ3) is 4.11. The molecule has 27 heavy (non-hydrogen) atoms. The molecule has 2 aromatic rings. The lowest BCUT2D eigenvalue weighted by Gasteiger charge is -2.39. The highest BCUT2D eigenvalue weighted by molar-refractivity contribution is 6.15. The molecule has 2 atom stereocenters. The van der Waals surface area contributed by atoms with Gasteiger partial charge < -0.3 is 10.2 Å². The van der Waals surface area contributed by atoms with E-state index in [9.17, 15) is 0 Å². The zero-order chi connectivity index (χ0) is 18.6. The van der Waals surface area contributed by atoms with Gasteiger partial charge in [-0.2, -0.15) is 0 Å². The second-order valence-corrected chi connectivity index (χ2v) is 7.65. The lowest BCUT2D eigenvalue weighted by atomic mass is 9.95. The van der Waals surface area contributed by atoms with Crippen molar-refractivity contribution in [2.24, 2.45) is 4.99 Å². The zero-order valence-electron chi connectivity index (χ0n) is 16.2. The van der Waals surface area contributed by atoms with Gasteiger partial charge in [-0.1, -0.05) is 12.1 Å². The minimum absolute atomic E-state index is 0.521. The molecule has 0 spiro atoms. The van der Waals surface area contributed by atoms with Crippen LogP contribution in [0, 0.1) is 0 Å². The standard InChI is InChI=1S/C23H28N4/c1-17-16-27(18(2)14-26-17)22-9-7-19(8-10-22)13-20-5-4-12-25-23(20)21-6-3-11-24-15-21/h3,6-11,13,15,17-18,26H,4-5,12,14,16H2,1-2H3/t17-,18+/m1/s1. The quantitative estimate of drug-likeness (QED) is 0.901. The van der Waals surface area contributed by atoms with Gasteiger partial charge in [-0.15, -0.1) is 0 Å². The van der Waals surface area contributed by atoms with Crippen molar-refractivity contribution in [3.8, 4) is 0 Å². The van der Waals surface area contributed by atoms with Crippen molar-refractivity contribution in [2.75, 3.05) is 24.5 Å². The topological polar surface area (TPSA) is 40.5 Å². The highest BCUT2D eigenvalue weighted by Crippen LogP contribution is 2.24. The van der Waals surface area contributed by atoms with Gasteiger partial charge in [0.25, 0.3) is 0 Å². The lowest BCUT2D eigenvalue weighted by molar-refractivity contribution is 0.425. The summed E-state index contributed by atoms with van der Waals surface area (Å²) in [4.78, 5) is 11.5. The fraction of sp³-hybridized carbons (Fsp3) is 0.391. The van der Waals surface area contributed by atoms with Crippen molar-refractivity contribution in [2.45, 2.75) is 38.8 Å². The fourth-order valence-electron chi connectivity index (χ4n) is 3.94. The maximum atomic E-state index is 4.78. The van der Waals surface area contributed by atoms with Crippen LogP contribution in [-0.4, -0.2) is 42.4 Å². The number of hydrogen-bond donors (Lipinski definition) is 1. The Morgan fingerprint density at radius 2 is 2.00 bits per heavy atom. The molecule has 1 fully saturated rings. The summed E-state index contributed by atoms with van der Waals surface area (Å²) in [5.41, 5.74) is 6.07. The Labute approximate surface area is 162 Å². The average molecular weight is 361 g/mol. The molecular formula is C23H28N4. The predicted molar refractivity (Wildman–Crippen MR) is 114 cm³/mol. The van der Waals surface area contributed by atoms with E-state index >= 15 is 0 Å². The monoisotopic (exact) mass is 360 g/mol. The summed E-state index contributed by atoms with van der Waals surface area (Å²) in [5, 5.41) is 3.55. The molecule has 2 aliphatic rings. The molecule has 140 valence electrons. The summed E-state index contributed by atoms with van der Waals surface area (Å²) in [6, 6.07) is 14.1. The van der Waals surface area contributed by atoms with Gasteiger partial charge >= 0.3 is 0 Å². The van der Waals surface area contributed by atoms with Gasteiger partial charge in [-0.25, -0.2) is 0 Å². The number of anilines is 1. The van der Waals surface area contributed by atoms with Crippen LogP contribution in [0.1, 0.15) is 37.8 Å². The number of nitrogens with zero attached hydrogens (tertiary/aromatic N) is 3.